The van der Waals surface area contributed by atoms with Crippen LogP contribution in [0.15, 0.2) is 30.3 Å². The fraction of sp³-hybridized carbons (Fsp3) is 0. The predicted molar refractivity (Wildman–Crippen MR) is 44.2 cm³/mol. The van der Waals surface area contributed by atoms with E-state index >= 15 is 0 Å². The van der Waals surface area contributed by atoms with Crippen molar-refractivity contribution in [3.63, 3.8) is 0 Å². The molecule has 0 amide bonds. The third-order valence-electron chi connectivity index (χ3n) is 0.936. The first kappa shape index (κ1) is 16.2. The van der Waals surface area contributed by atoms with Crippen LogP contribution in [0.4, 0.5) is 0 Å². The van der Waals surface area contributed by atoms with Crippen molar-refractivity contribution in [1.82, 2.24) is 0 Å². The van der Waals surface area contributed by atoms with Crippen LogP contribution in [-0.4, -0.2) is 23.8 Å². The summed E-state index contributed by atoms with van der Waals surface area (Å²) in [6.07, 6.45) is 0.833. The zero-order valence-corrected chi connectivity index (χ0v) is 10.3. The predicted octanol–water partition coefficient (Wildman–Crippen LogP) is -2.49. The number of benzene rings is 1. The molecule has 0 fully saturated rings. The van der Waals surface area contributed by atoms with Crippen molar-refractivity contribution < 1.29 is 51.9 Å². The first-order valence-corrected chi connectivity index (χ1v) is 4.48. The Morgan fingerprint density at radius 2 is 1.57 bits per heavy atom. The monoisotopic (exact) mass is 226 g/mol. The summed E-state index contributed by atoms with van der Waals surface area (Å²) >= 11 is 0. The van der Waals surface area contributed by atoms with Crippen LogP contribution in [0.5, 0.6) is 0 Å². The van der Waals surface area contributed by atoms with Gasteiger partial charge in [0.25, 0.3) is 0 Å². The van der Waals surface area contributed by atoms with Crippen molar-refractivity contribution in [2.24, 2.45) is 0 Å². The first-order valence-electron chi connectivity index (χ1n) is 3.12. The number of aldehydes is 1. The van der Waals surface area contributed by atoms with Crippen molar-refractivity contribution in [2.75, 3.05) is 0 Å². The minimum absolute atomic E-state index is 0. The van der Waals surface area contributed by atoms with Crippen LogP contribution in [0.1, 0.15) is 10.4 Å². The van der Waals surface area contributed by atoms with Crippen LogP contribution < -0.4 is 29.6 Å². The zero-order valence-electron chi connectivity index (χ0n) is 7.45. The maximum atomic E-state index is 10.0. The number of hydrogen-bond acceptors (Lipinski definition) is 4. The molecule has 0 aliphatic carbocycles. The summed E-state index contributed by atoms with van der Waals surface area (Å²) in [5, 5.41) is 0. The van der Waals surface area contributed by atoms with E-state index in [0.29, 0.717) is 0 Å². The van der Waals surface area contributed by atoms with Gasteiger partial charge in [0.1, 0.15) is 6.29 Å². The van der Waals surface area contributed by atoms with Gasteiger partial charge in [0.15, 0.2) is 0 Å². The van der Waals surface area contributed by atoms with Crippen molar-refractivity contribution in [3.05, 3.63) is 35.9 Å². The Morgan fingerprint density at radius 1 is 1.21 bits per heavy atom. The fourth-order valence-electron chi connectivity index (χ4n) is 0.532. The molecule has 0 heterocycles. The summed E-state index contributed by atoms with van der Waals surface area (Å²) in [5.74, 6) is 0. The molecule has 0 unspecified atom stereocenters. The van der Waals surface area contributed by atoms with Gasteiger partial charge < -0.3 is 4.55 Å². The first-order chi connectivity index (χ1) is 5.93. The van der Waals surface area contributed by atoms with Crippen LogP contribution in [0.2, 0.25) is 0 Å². The second-order valence-corrected chi connectivity index (χ2v) is 2.81. The molecule has 0 aromatic heterocycles. The number of rotatable bonds is 1. The summed E-state index contributed by atoms with van der Waals surface area (Å²) in [6.45, 7) is 0. The van der Waals surface area contributed by atoms with Gasteiger partial charge in [-0.25, -0.2) is 8.42 Å². The Morgan fingerprint density at radius 3 is 1.79 bits per heavy atom. The SMILES string of the molecule is O=Cc1ccccc1.O=S(=O)([O-])O.[Na+]. The molecule has 0 spiro atoms. The van der Waals surface area contributed by atoms with E-state index in [2.05, 4.69) is 0 Å². The summed E-state index contributed by atoms with van der Waals surface area (Å²) in [7, 11) is -4.92. The molecule has 7 heteroatoms. The maximum Gasteiger partial charge on any atom is 1.00 e. The van der Waals surface area contributed by atoms with Gasteiger partial charge >= 0.3 is 29.6 Å². The Kier molecular flexibility index (Phi) is 9.37. The summed E-state index contributed by atoms with van der Waals surface area (Å²) in [4.78, 5) is 10.0. The van der Waals surface area contributed by atoms with E-state index in [1.165, 1.54) is 0 Å². The van der Waals surface area contributed by atoms with Crippen molar-refractivity contribution in [1.29, 1.82) is 0 Å². The van der Waals surface area contributed by atoms with Gasteiger partial charge in [-0.2, -0.15) is 0 Å². The third-order valence-corrected chi connectivity index (χ3v) is 0.936. The van der Waals surface area contributed by atoms with E-state index in [4.69, 9.17) is 17.5 Å². The number of hydrogen-bond donors (Lipinski definition) is 1. The molecule has 72 valence electrons. The standard InChI is InChI=1S/C7H6O.Na.H2O4S/c8-6-7-4-2-1-3-5-7;;1-5(2,3)4/h1-6H;;(H2,1,2,3,4)/q;+1;/p-1. The second-order valence-electron chi connectivity index (χ2n) is 1.96. The van der Waals surface area contributed by atoms with E-state index in [0.717, 1.165) is 11.8 Å². The summed E-state index contributed by atoms with van der Waals surface area (Å²) in [6, 6.07) is 9.10. The molecule has 1 aromatic rings. The summed E-state index contributed by atoms with van der Waals surface area (Å²) < 4.78 is 32.8. The fourth-order valence-corrected chi connectivity index (χ4v) is 0.532. The quantitative estimate of drug-likeness (QED) is 0.247. The average molecular weight is 226 g/mol. The molecule has 0 aliphatic heterocycles. The van der Waals surface area contributed by atoms with Crippen molar-refractivity contribution in [2.45, 2.75) is 0 Å². The van der Waals surface area contributed by atoms with Gasteiger partial charge in [0.05, 0.1) is 0 Å². The second kappa shape index (κ2) is 8.10. The minimum Gasteiger partial charge on any atom is -0.726 e. The minimum atomic E-state index is -4.92. The van der Waals surface area contributed by atoms with Crippen molar-refractivity contribution >= 4 is 16.7 Å². The molecule has 1 N–H and O–H groups in total. The Balaban J connectivity index is 0. The van der Waals surface area contributed by atoms with Crippen LogP contribution in [0.3, 0.4) is 0 Å². The molecule has 1 rings (SSSR count). The molecule has 14 heavy (non-hydrogen) atoms. The van der Waals surface area contributed by atoms with Crippen molar-refractivity contribution in [3.8, 4) is 0 Å². The normalized spacial score (nSPS) is 9.00. The zero-order chi connectivity index (χ0) is 10.3. The van der Waals surface area contributed by atoms with Crippen LogP contribution in [0.25, 0.3) is 0 Å². The van der Waals surface area contributed by atoms with E-state index in [-0.39, 0.29) is 29.6 Å². The van der Waals surface area contributed by atoms with E-state index in [1.807, 2.05) is 18.2 Å². The van der Waals surface area contributed by atoms with E-state index in [9.17, 15) is 4.79 Å². The Labute approximate surface area is 104 Å². The molecule has 0 atom stereocenters. The number of carbonyl (C=O) groups excluding carboxylic acids is 1. The molecule has 0 bridgehead atoms. The molecule has 0 saturated carbocycles. The smallest absolute Gasteiger partial charge is 0.726 e. The third kappa shape index (κ3) is 14.3. The van der Waals surface area contributed by atoms with Gasteiger partial charge in [-0.3, -0.25) is 9.35 Å². The van der Waals surface area contributed by atoms with E-state index in [1.54, 1.807) is 12.1 Å². The molecular formula is C7H7NaO5S. The van der Waals surface area contributed by atoms with Crippen LogP contribution in [0, 0.1) is 0 Å². The topological polar surface area (TPSA) is 94.5 Å². The van der Waals surface area contributed by atoms with Crippen LogP contribution in [-0.2, 0) is 10.4 Å². The van der Waals surface area contributed by atoms with E-state index < -0.39 is 10.4 Å². The molecule has 0 saturated heterocycles. The van der Waals surface area contributed by atoms with Gasteiger partial charge in [0, 0.05) is 5.56 Å². The summed E-state index contributed by atoms with van der Waals surface area (Å²) in [5.41, 5.74) is 0.729. The molecule has 1 aromatic carbocycles. The van der Waals surface area contributed by atoms with Gasteiger partial charge in [-0.1, -0.05) is 30.3 Å². The van der Waals surface area contributed by atoms with Crippen LogP contribution >= 0.6 is 0 Å². The maximum absolute atomic E-state index is 10.0. The van der Waals surface area contributed by atoms with Gasteiger partial charge in [-0.15, -0.1) is 0 Å². The Bertz CT molecular complexity index is 340. The molecule has 0 aliphatic rings. The molecule has 5 nitrogen and oxygen atoms in total. The van der Waals surface area contributed by atoms with Gasteiger partial charge in [-0.05, 0) is 0 Å². The van der Waals surface area contributed by atoms with Gasteiger partial charge in [0.2, 0.25) is 10.4 Å². The largest absolute Gasteiger partial charge is 1.00 e. The number of carbonyl (C=O) groups is 1. The molecular weight excluding hydrogens is 219 g/mol. The average Bonchev–Trinajstić information content (AvgIpc) is 2.03. The Hall–Kier alpha value is -0.240. The molecule has 0 radical (unpaired) electrons.